The van der Waals surface area contributed by atoms with E-state index in [2.05, 4.69) is 16.9 Å². The zero-order valence-electron chi connectivity index (χ0n) is 6.85. The normalized spacial score (nSPS) is 10.0. The number of aromatic nitrogens is 2. The van der Waals surface area contributed by atoms with E-state index in [1.807, 2.05) is 0 Å². The largest absolute Gasteiger partial charge is 0.339 e. The molecule has 60 valence electrons. The minimum absolute atomic E-state index is 0.00708. The quantitative estimate of drug-likeness (QED) is 0.668. The molecule has 0 saturated heterocycles. The topological polar surface area (TPSA) is 45.8 Å². The monoisotopic (exact) mass is 152 g/mol. The number of carbonyl (C=O) groups excluding carboxylic acids is 1. The van der Waals surface area contributed by atoms with E-state index in [4.69, 9.17) is 0 Å². The van der Waals surface area contributed by atoms with Crippen molar-refractivity contribution in [2.75, 3.05) is 0 Å². The van der Waals surface area contributed by atoms with Gasteiger partial charge in [-0.25, -0.2) is 4.98 Å². The van der Waals surface area contributed by atoms with Crippen LogP contribution in [0.5, 0.6) is 0 Å². The minimum Gasteiger partial charge on any atom is -0.339 e. The highest BCUT2D eigenvalue weighted by atomic mass is 16.1. The van der Waals surface area contributed by atoms with Gasteiger partial charge in [0.1, 0.15) is 0 Å². The number of nitrogens with zero attached hydrogens (tertiary/aromatic N) is 1. The Labute approximate surface area is 65.8 Å². The van der Waals surface area contributed by atoms with Crippen molar-refractivity contribution >= 4 is 5.78 Å². The maximum Gasteiger partial charge on any atom is 0.194 e. The molecule has 11 heavy (non-hydrogen) atoms. The van der Waals surface area contributed by atoms with Gasteiger partial charge >= 0.3 is 0 Å². The molecule has 0 radical (unpaired) electrons. The molecule has 1 heterocycles. The highest BCUT2D eigenvalue weighted by Crippen LogP contribution is 2.00. The molecule has 1 rings (SSSR count). The summed E-state index contributed by atoms with van der Waals surface area (Å²) < 4.78 is 0. The highest BCUT2D eigenvalue weighted by molar-refractivity contribution is 5.90. The second-order valence-corrected chi connectivity index (χ2v) is 2.56. The number of carbonyl (C=O) groups is 1. The standard InChI is InChI=1S/C8H12N2O/c1-3-4-7-5-9-8(10-7)6(2)11/h5H,3-4H2,1-2H3,(H,9,10). The summed E-state index contributed by atoms with van der Waals surface area (Å²) in [5.41, 5.74) is 1.04. The lowest BCUT2D eigenvalue weighted by atomic mass is 10.3. The highest BCUT2D eigenvalue weighted by Gasteiger charge is 2.02. The lowest BCUT2D eigenvalue weighted by Crippen LogP contribution is -1.94. The molecule has 1 aromatic rings. The Bertz CT molecular complexity index is 252. The number of imidazole rings is 1. The van der Waals surface area contributed by atoms with Crippen molar-refractivity contribution in [3.8, 4) is 0 Å². The molecule has 0 atom stereocenters. The van der Waals surface area contributed by atoms with E-state index in [9.17, 15) is 4.79 Å². The maximum absolute atomic E-state index is 10.8. The lowest BCUT2D eigenvalue weighted by Gasteiger charge is -1.89. The van der Waals surface area contributed by atoms with Crippen LogP contribution >= 0.6 is 0 Å². The van der Waals surface area contributed by atoms with E-state index < -0.39 is 0 Å². The van der Waals surface area contributed by atoms with Gasteiger partial charge in [0.2, 0.25) is 0 Å². The molecule has 0 saturated carbocycles. The summed E-state index contributed by atoms with van der Waals surface area (Å²) in [5.74, 6) is 0.459. The van der Waals surface area contributed by atoms with Crippen LogP contribution in [0.15, 0.2) is 6.20 Å². The first-order valence-corrected chi connectivity index (χ1v) is 3.79. The summed E-state index contributed by atoms with van der Waals surface area (Å²) >= 11 is 0. The van der Waals surface area contributed by atoms with Crippen LogP contribution in [0.25, 0.3) is 0 Å². The molecule has 0 aromatic carbocycles. The van der Waals surface area contributed by atoms with Crippen LogP contribution in [-0.4, -0.2) is 15.8 Å². The van der Waals surface area contributed by atoms with Gasteiger partial charge in [-0.05, 0) is 6.42 Å². The molecule has 0 aliphatic rings. The third kappa shape index (κ3) is 1.90. The second kappa shape index (κ2) is 3.32. The summed E-state index contributed by atoms with van der Waals surface area (Å²) in [4.78, 5) is 17.7. The predicted molar refractivity (Wildman–Crippen MR) is 42.6 cm³/mol. The van der Waals surface area contributed by atoms with Gasteiger partial charge < -0.3 is 4.98 Å². The van der Waals surface area contributed by atoms with Gasteiger partial charge in [-0.15, -0.1) is 0 Å². The SMILES string of the molecule is CCCc1cnc(C(C)=O)[nH]1. The van der Waals surface area contributed by atoms with Crippen molar-refractivity contribution in [2.45, 2.75) is 26.7 Å². The maximum atomic E-state index is 10.8. The van der Waals surface area contributed by atoms with Crippen LogP contribution in [0.1, 0.15) is 36.6 Å². The summed E-state index contributed by atoms with van der Waals surface area (Å²) in [6.07, 6.45) is 3.75. The third-order valence-corrected chi connectivity index (χ3v) is 1.48. The number of rotatable bonds is 3. The number of Topliss-reactive ketones (excluding diaryl/α,β-unsaturated/α-hetero) is 1. The lowest BCUT2D eigenvalue weighted by molar-refractivity contribution is 0.100. The fourth-order valence-corrected chi connectivity index (χ4v) is 0.934. The smallest absolute Gasteiger partial charge is 0.194 e. The van der Waals surface area contributed by atoms with Crippen LogP contribution < -0.4 is 0 Å². The van der Waals surface area contributed by atoms with Gasteiger partial charge in [0.15, 0.2) is 11.6 Å². The van der Waals surface area contributed by atoms with Crippen LogP contribution in [0.3, 0.4) is 0 Å². The number of ketones is 1. The average Bonchev–Trinajstić information content (AvgIpc) is 2.37. The predicted octanol–water partition coefficient (Wildman–Crippen LogP) is 1.56. The third-order valence-electron chi connectivity index (χ3n) is 1.48. The number of hydrogen-bond donors (Lipinski definition) is 1. The fourth-order valence-electron chi connectivity index (χ4n) is 0.934. The van der Waals surface area contributed by atoms with Gasteiger partial charge in [0.05, 0.1) is 0 Å². The Hall–Kier alpha value is -1.12. The van der Waals surface area contributed by atoms with Gasteiger partial charge in [-0.1, -0.05) is 13.3 Å². The zero-order valence-corrected chi connectivity index (χ0v) is 6.85. The first-order chi connectivity index (χ1) is 5.24. The molecule has 0 aliphatic carbocycles. The van der Waals surface area contributed by atoms with Crippen LogP contribution in [0.4, 0.5) is 0 Å². The number of aromatic amines is 1. The van der Waals surface area contributed by atoms with Crippen molar-refractivity contribution in [1.29, 1.82) is 0 Å². The van der Waals surface area contributed by atoms with Crippen molar-refractivity contribution in [1.82, 2.24) is 9.97 Å². The Kier molecular flexibility index (Phi) is 2.41. The molecule has 1 aromatic heterocycles. The van der Waals surface area contributed by atoms with E-state index in [0.717, 1.165) is 18.5 Å². The molecular weight excluding hydrogens is 140 g/mol. The van der Waals surface area contributed by atoms with Gasteiger partial charge in [-0.3, -0.25) is 4.79 Å². The molecular formula is C8H12N2O. The van der Waals surface area contributed by atoms with E-state index in [1.54, 1.807) is 6.20 Å². The van der Waals surface area contributed by atoms with Gasteiger partial charge in [0.25, 0.3) is 0 Å². The van der Waals surface area contributed by atoms with Crippen molar-refractivity contribution in [3.05, 3.63) is 17.7 Å². The molecule has 1 N–H and O–H groups in total. The van der Waals surface area contributed by atoms with Gasteiger partial charge in [-0.2, -0.15) is 0 Å². The van der Waals surface area contributed by atoms with Crippen LogP contribution in [0.2, 0.25) is 0 Å². The molecule has 0 amide bonds. The Morgan fingerprint density at radius 2 is 2.45 bits per heavy atom. The van der Waals surface area contributed by atoms with Crippen LogP contribution in [0, 0.1) is 0 Å². The Morgan fingerprint density at radius 1 is 1.73 bits per heavy atom. The first kappa shape index (κ1) is 7.98. The summed E-state index contributed by atoms with van der Waals surface area (Å²) in [7, 11) is 0. The molecule has 0 spiro atoms. The van der Waals surface area contributed by atoms with E-state index in [1.165, 1.54) is 6.92 Å². The Balaban J connectivity index is 2.73. The fraction of sp³-hybridized carbons (Fsp3) is 0.500. The van der Waals surface area contributed by atoms with Gasteiger partial charge in [0, 0.05) is 18.8 Å². The zero-order chi connectivity index (χ0) is 8.27. The van der Waals surface area contributed by atoms with E-state index >= 15 is 0 Å². The van der Waals surface area contributed by atoms with Crippen molar-refractivity contribution in [3.63, 3.8) is 0 Å². The van der Waals surface area contributed by atoms with Crippen molar-refractivity contribution in [2.24, 2.45) is 0 Å². The van der Waals surface area contributed by atoms with Crippen molar-refractivity contribution < 1.29 is 4.79 Å². The van der Waals surface area contributed by atoms with E-state index in [0.29, 0.717) is 5.82 Å². The van der Waals surface area contributed by atoms with Crippen LogP contribution in [-0.2, 0) is 6.42 Å². The molecule has 0 unspecified atom stereocenters. The number of aryl methyl sites for hydroxylation is 1. The molecule has 3 nitrogen and oxygen atoms in total. The van der Waals surface area contributed by atoms with E-state index in [-0.39, 0.29) is 5.78 Å². The number of H-pyrrole nitrogens is 1. The Morgan fingerprint density at radius 3 is 2.91 bits per heavy atom. The summed E-state index contributed by atoms with van der Waals surface area (Å²) in [5, 5.41) is 0. The minimum atomic E-state index is -0.00708. The number of nitrogens with one attached hydrogen (secondary N) is 1. The average molecular weight is 152 g/mol. The number of hydrogen-bond acceptors (Lipinski definition) is 2. The molecule has 3 heteroatoms. The molecule has 0 fully saturated rings. The summed E-state index contributed by atoms with van der Waals surface area (Å²) in [6, 6.07) is 0. The molecule has 0 bridgehead atoms. The molecule has 0 aliphatic heterocycles. The summed E-state index contributed by atoms with van der Waals surface area (Å²) in [6.45, 7) is 3.60. The second-order valence-electron chi connectivity index (χ2n) is 2.56. The first-order valence-electron chi connectivity index (χ1n) is 3.79.